The Hall–Kier alpha value is -4.18. The average Bonchev–Trinajstić information content (AvgIpc) is 3.17. The minimum absolute atomic E-state index is 0.0435. The predicted molar refractivity (Wildman–Crippen MR) is 150 cm³/mol. The molecule has 1 unspecified atom stereocenters. The zero-order valence-corrected chi connectivity index (χ0v) is 21.7. The molecule has 1 heterocycles. The van der Waals surface area contributed by atoms with Crippen LogP contribution >= 0.6 is 0 Å². The molecule has 1 fully saturated rings. The first kappa shape index (κ1) is 24.5. The van der Waals surface area contributed by atoms with Crippen molar-refractivity contribution in [3.63, 3.8) is 0 Å². The molecule has 37 heavy (non-hydrogen) atoms. The van der Waals surface area contributed by atoms with Crippen molar-refractivity contribution in [3.8, 4) is 0 Å². The summed E-state index contributed by atoms with van der Waals surface area (Å²) in [7, 11) is 0. The van der Waals surface area contributed by atoms with Gasteiger partial charge in [0.15, 0.2) is 0 Å². The molecule has 0 saturated carbocycles. The van der Waals surface area contributed by atoms with Gasteiger partial charge in [-0.25, -0.2) is 0 Å². The molecule has 0 bridgehead atoms. The lowest BCUT2D eigenvalue weighted by molar-refractivity contribution is -0.132. The van der Waals surface area contributed by atoms with Crippen molar-refractivity contribution < 1.29 is 14.7 Å². The van der Waals surface area contributed by atoms with Gasteiger partial charge in [0, 0.05) is 11.3 Å². The lowest BCUT2D eigenvalue weighted by Crippen LogP contribution is -2.29. The molecule has 0 radical (unpaired) electrons. The number of aliphatic hydroxyl groups excluding tert-OH is 1. The Morgan fingerprint density at radius 3 is 2.11 bits per heavy atom. The van der Waals surface area contributed by atoms with Gasteiger partial charge in [0.05, 0.1) is 11.6 Å². The van der Waals surface area contributed by atoms with Gasteiger partial charge in [0.25, 0.3) is 11.7 Å². The van der Waals surface area contributed by atoms with Gasteiger partial charge in [-0.2, -0.15) is 0 Å². The van der Waals surface area contributed by atoms with Gasteiger partial charge in [-0.15, -0.1) is 0 Å². The Bertz CT molecular complexity index is 1520. The molecule has 1 N–H and O–H groups in total. The van der Waals surface area contributed by atoms with Crippen molar-refractivity contribution in [2.45, 2.75) is 45.6 Å². The summed E-state index contributed by atoms with van der Waals surface area (Å²) >= 11 is 0. The SMILES string of the molecule is CCc1ccc(C2/C(=C(/O)c3ccc4ccccc4c3)C(=O)C(=O)N2c2ccc(C(C)(C)C)cc2)cc1. The molecule has 1 saturated heterocycles. The quantitative estimate of drug-likeness (QED) is 0.186. The van der Waals surface area contributed by atoms with Crippen LogP contribution in [0.5, 0.6) is 0 Å². The Labute approximate surface area is 217 Å². The third-order valence-corrected chi connectivity index (χ3v) is 7.18. The van der Waals surface area contributed by atoms with Gasteiger partial charge in [0.1, 0.15) is 5.76 Å². The van der Waals surface area contributed by atoms with Crippen molar-refractivity contribution in [1.29, 1.82) is 0 Å². The van der Waals surface area contributed by atoms with Crippen molar-refractivity contribution in [1.82, 2.24) is 0 Å². The van der Waals surface area contributed by atoms with Crippen LogP contribution in [-0.2, 0) is 21.4 Å². The normalized spacial score (nSPS) is 17.5. The molecule has 4 aromatic carbocycles. The summed E-state index contributed by atoms with van der Waals surface area (Å²) in [6.07, 6.45) is 0.881. The van der Waals surface area contributed by atoms with Crippen molar-refractivity contribution >= 4 is 33.9 Å². The molecule has 4 nitrogen and oxygen atoms in total. The summed E-state index contributed by atoms with van der Waals surface area (Å²) in [6.45, 7) is 8.48. The van der Waals surface area contributed by atoms with E-state index in [2.05, 4.69) is 27.7 Å². The highest BCUT2D eigenvalue weighted by molar-refractivity contribution is 6.51. The van der Waals surface area contributed by atoms with Gasteiger partial charge >= 0.3 is 0 Å². The lowest BCUT2D eigenvalue weighted by Gasteiger charge is -2.27. The van der Waals surface area contributed by atoms with Crippen LogP contribution in [0.2, 0.25) is 0 Å². The van der Waals surface area contributed by atoms with Crippen LogP contribution in [0.4, 0.5) is 5.69 Å². The Morgan fingerprint density at radius 2 is 1.49 bits per heavy atom. The summed E-state index contributed by atoms with van der Waals surface area (Å²) in [5.74, 6) is -1.49. The zero-order valence-electron chi connectivity index (χ0n) is 21.7. The van der Waals surface area contributed by atoms with Crippen molar-refractivity contribution in [2.75, 3.05) is 4.90 Å². The number of rotatable bonds is 4. The standard InChI is InChI=1S/C33H31NO3/c1-5-21-10-12-23(13-11-21)29-28(30(35)25-15-14-22-8-6-7-9-24(22)20-25)31(36)32(37)34(29)27-18-16-26(17-19-27)33(2,3)4/h6-20,29,35H,5H2,1-4H3/b30-28-. The number of Topliss-reactive ketones (excluding diaryl/α,β-unsaturated/α-hetero) is 1. The van der Waals surface area contributed by atoms with Gasteiger partial charge in [-0.1, -0.05) is 100 Å². The van der Waals surface area contributed by atoms with Crippen LogP contribution < -0.4 is 4.90 Å². The maximum atomic E-state index is 13.5. The number of hydrogen-bond donors (Lipinski definition) is 1. The van der Waals surface area contributed by atoms with E-state index in [0.717, 1.165) is 33.9 Å². The zero-order chi connectivity index (χ0) is 26.3. The van der Waals surface area contributed by atoms with E-state index in [1.165, 1.54) is 4.90 Å². The second kappa shape index (κ2) is 9.36. The molecule has 0 aromatic heterocycles. The number of carbonyl (C=O) groups is 2. The fraction of sp³-hybridized carbons (Fsp3) is 0.212. The molecule has 1 amide bonds. The number of anilines is 1. The van der Waals surface area contributed by atoms with Crippen molar-refractivity contribution in [3.05, 3.63) is 119 Å². The average molecular weight is 490 g/mol. The minimum Gasteiger partial charge on any atom is -0.507 e. The van der Waals surface area contributed by atoms with Crippen LogP contribution in [0.25, 0.3) is 16.5 Å². The molecule has 1 aliphatic heterocycles. The van der Waals surface area contributed by atoms with Gasteiger partial charge in [0.2, 0.25) is 0 Å². The number of ketones is 1. The van der Waals surface area contributed by atoms with Gasteiger partial charge in [-0.05, 0) is 57.5 Å². The Balaban J connectivity index is 1.68. The maximum absolute atomic E-state index is 13.5. The number of aliphatic hydroxyl groups is 1. The van der Waals surface area contributed by atoms with E-state index >= 15 is 0 Å². The van der Waals surface area contributed by atoms with Crippen molar-refractivity contribution in [2.24, 2.45) is 0 Å². The molecule has 186 valence electrons. The first-order valence-electron chi connectivity index (χ1n) is 12.7. The summed E-state index contributed by atoms with van der Waals surface area (Å²) in [4.78, 5) is 28.5. The second-order valence-electron chi connectivity index (χ2n) is 10.6. The monoisotopic (exact) mass is 489 g/mol. The Kier molecular flexibility index (Phi) is 6.20. The highest BCUT2D eigenvalue weighted by atomic mass is 16.3. The number of nitrogens with zero attached hydrogens (tertiary/aromatic N) is 1. The third kappa shape index (κ3) is 4.44. The predicted octanol–water partition coefficient (Wildman–Crippen LogP) is 7.33. The molecule has 0 aliphatic carbocycles. The summed E-state index contributed by atoms with van der Waals surface area (Å²) in [5.41, 5.74) is 4.26. The minimum atomic E-state index is -0.738. The van der Waals surface area contributed by atoms with Crippen LogP contribution in [0, 0.1) is 0 Å². The molecular formula is C33H31NO3. The fourth-order valence-electron chi connectivity index (χ4n) is 4.96. The van der Waals surface area contributed by atoms with E-state index in [1.54, 1.807) is 6.07 Å². The summed E-state index contributed by atoms with van der Waals surface area (Å²) in [5, 5.41) is 13.5. The van der Waals surface area contributed by atoms with Crippen LogP contribution in [0.1, 0.15) is 56.0 Å². The van der Waals surface area contributed by atoms with E-state index in [0.29, 0.717) is 11.3 Å². The molecule has 5 rings (SSSR count). The van der Waals surface area contributed by atoms with Gasteiger partial charge in [-0.3, -0.25) is 14.5 Å². The number of benzene rings is 4. The van der Waals surface area contributed by atoms with Crippen LogP contribution in [-0.4, -0.2) is 16.8 Å². The maximum Gasteiger partial charge on any atom is 0.300 e. The number of hydrogen-bond acceptors (Lipinski definition) is 3. The second-order valence-corrected chi connectivity index (χ2v) is 10.6. The van der Waals surface area contributed by atoms with Gasteiger partial charge < -0.3 is 5.11 Å². The van der Waals surface area contributed by atoms with Crippen LogP contribution in [0.15, 0.2) is 96.6 Å². The first-order chi connectivity index (χ1) is 17.7. The molecule has 1 aliphatic rings. The highest BCUT2D eigenvalue weighted by Gasteiger charge is 2.47. The number of amides is 1. The first-order valence-corrected chi connectivity index (χ1v) is 12.7. The Morgan fingerprint density at radius 1 is 0.838 bits per heavy atom. The highest BCUT2D eigenvalue weighted by Crippen LogP contribution is 2.43. The molecule has 1 atom stereocenters. The largest absolute Gasteiger partial charge is 0.507 e. The number of fused-ring (bicyclic) bond motifs is 1. The van der Waals surface area contributed by atoms with E-state index in [1.807, 2.05) is 84.9 Å². The van der Waals surface area contributed by atoms with E-state index in [4.69, 9.17) is 0 Å². The number of aryl methyl sites for hydroxylation is 1. The fourth-order valence-corrected chi connectivity index (χ4v) is 4.96. The van der Waals surface area contributed by atoms with E-state index < -0.39 is 17.7 Å². The summed E-state index contributed by atoms with van der Waals surface area (Å²) < 4.78 is 0. The summed E-state index contributed by atoms with van der Waals surface area (Å²) in [6, 6.07) is 28.3. The molecule has 0 spiro atoms. The third-order valence-electron chi connectivity index (χ3n) is 7.18. The molecule has 4 heteroatoms. The number of carbonyl (C=O) groups excluding carboxylic acids is 2. The van der Waals surface area contributed by atoms with Crippen LogP contribution in [0.3, 0.4) is 0 Å². The van der Waals surface area contributed by atoms with E-state index in [9.17, 15) is 14.7 Å². The molecular weight excluding hydrogens is 458 g/mol. The molecule has 4 aromatic rings. The smallest absolute Gasteiger partial charge is 0.300 e. The van der Waals surface area contributed by atoms with E-state index in [-0.39, 0.29) is 16.7 Å². The topological polar surface area (TPSA) is 57.6 Å². The lowest BCUT2D eigenvalue weighted by atomic mass is 9.87.